The Morgan fingerprint density at radius 1 is 1.44 bits per heavy atom. The van der Waals surface area contributed by atoms with E-state index >= 15 is 0 Å². The fraction of sp³-hybridized carbons (Fsp3) is 0.182. The first kappa shape index (κ1) is 10.8. The Balaban J connectivity index is 2.46. The zero-order valence-electron chi connectivity index (χ0n) is 8.94. The summed E-state index contributed by atoms with van der Waals surface area (Å²) < 4.78 is 1.45. The summed E-state index contributed by atoms with van der Waals surface area (Å²) >= 11 is 5.84. The molecule has 82 valence electrons. The highest BCUT2D eigenvalue weighted by Gasteiger charge is 2.15. The Labute approximate surface area is 97.8 Å². The predicted octanol–water partition coefficient (Wildman–Crippen LogP) is 2.01. The molecular formula is C11H10ClN3O. The first-order valence-electron chi connectivity index (χ1n) is 4.75. The topological polar surface area (TPSA) is 47.8 Å². The number of hydrogen-bond acceptors (Lipinski definition) is 3. The number of aromatic nitrogens is 3. The smallest absolute Gasteiger partial charge is 0.212 e. The molecule has 5 heteroatoms. The number of rotatable bonds is 2. The third-order valence-electron chi connectivity index (χ3n) is 2.38. The normalized spacial score (nSPS) is 10.4. The summed E-state index contributed by atoms with van der Waals surface area (Å²) in [6, 6.07) is 5.18. The lowest BCUT2D eigenvalue weighted by Gasteiger charge is -2.04. The maximum absolute atomic E-state index is 12.1. The largest absolute Gasteiger partial charge is 0.287 e. The minimum Gasteiger partial charge on any atom is -0.287 e. The fourth-order valence-electron chi connectivity index (χ4n) is 1.52. The van der Waals surface area contributed by atoms with Crippen molar-refractivity contribution in [2.75, 3.05) is 0 Å². The Kier molecular flexibility index (Phi) is 2.75. The molecule has 0 aliphatic rings. The quantitative estimate of drug-likeness (QED) is 0.748. The molecule has 0 fully saturated rings. The van der Waals surface area contributed by atoms with E-state index in [1.165, 1.54) is 10.9 Å². The van der Waals surface area contributed by atoms with E-state index in [0.29, 0.717) is 16.3 Å². The van der Waals surface area contributed by atoms with Crippen molar-refractivity contribution in [1.82, 2.24) is 15.0 Å². The number of carbonyl (C=O) groups excluding carboxylic acids is 1. The van der Waals surface area contributed by atoms with Crippen molar-refractivity contribution in [3.8, 4) is 0 Å². The molecule has 0 unspecified atom stereocenters. The fourth-order valence-corrected chi connectivity index (χ4v) is 1.74. The van der Waals surface area contributed by atoms with E-state index in [1.54, 1.807) is 25.2 Å². The lowest BCUT2D eigenvalue weighted by atomic mass is 10.0. The van der Waals surface area contributed by atoms with Crippen LogP contribution < -0.4 is 0 Å². The number of ketones is 1. The minimum absolute atomic E-state index is 0.0957. The van der Waals surface area contributed by atoms with Crippen molar-refractivity contribution in [3.05, 3.63) is 46.2 Å². The molecule has 4 nitrogen and oxygen atoms in total. The number of hydrogen-bond donors (Lipinski definition) is 0. The van der Waals surface area contributed by atoms with Crippen molar-refractivity contribution in [2.24, 2.45) is 7.05 Å². The lowest BCUT2D eigenvalue weighted by molar-refractivity contribution is 0.102. The van der Waals surface area contributed by atoms with Gasteiger partial charge in [-0.2, -0.15) is 0 Å². The number of benzene rings is 1. The monoisotopic (exact) mass is 235 g/mol. The molecule has 0 radical (unpaired) electrons. The maximum atomic E-state index is 12.1. The van der Waals surface area contributed by atoms with E-state index in [4.69, 9.17) is 11.6 Å². The third-order valence-corrected chi connectivity index (χ3v) is 2.62. The van der Waals surface area contributed by atoms with Gasteiger partial charge in [-0.1, -0.05) is 16.8 Å². The molecule has 1 heterocycles. The van der Waals surface area contributed by atoms with E-state index in [-0.39, 0.29) is 5.78 Å². The van der Waals surface area contributed by atoms with Crippen LogP contribution in [-0.4, -0.2) is 20.8 Å². The van der Waals surface area contributed by atoms with Crippen LogP contribution in [0.3, 0.4) is 0 Å². The van der Waals surface area contributed by atoms with Crippen LogP contribution in [0.4, 0.5) is 0 Å². The Morgan fingerprint density at radius 2 is 2.19 bits per heavy atom. The molecule has 0 N–H and O–H groups in total. The van der Waals surface area contributed by atoms with Gasteiger partial charge in [0.1, 0.15) is 5.69 Å². The van der Waals surface area contributed by atoms with Gasteiger partial charge in [0, 0.05) is 17.6 Å². The van der Waals surface area contributed by atoms with Gasteiger partial charge >= 0.3 is 0 Å². The van der Waals surface area contributed by atoms with Crippen LogP contribution in [0.15, 0.2) is 24.4 Å². The molecule has 1 aromatic carbocycles. The van der Waals surface area contributed by atoms with E-state index in [0.717, 1.165) is 5.56 Å². The summed E-state index contributed by atoms with van der Waals surface area (Å²) in [6.07, 6.45) is 1.45. The average molecular weight is 236 g/mol. The second kappa shape index (κ2) is 4.06. The summed E-state index contributed by atoms with van der Waals surface area (Å²) in [5.41, 5.74) is 1.93. The Hall–Kier alpha value is -1.68. The van der Waals surface area contributed by atoms with E-state index in [2.05, 4.69) is 10.3 Å². The van der Waals surface area contributed by atoms with Gasteiger partial charge in [0.25, 0.3) is 0 Å². The molecule has 0 spiro atoms. The van der Waals surface area contributed by atoms with Crippen LogP contribution in [-0.2, 0) is 7.05 Å². The van der Waals surface area contributed by atoms with Crippen LogP contribution in [0.1, 0.15) is 21.6 Å². The van der Waals surface area contributed by atoms with E-state index < -0.39 is 0 Å². The first-order valence-corrected chi connectivity index (χ1v) is 5.13. The molecule has 0 aliphatic carbocycles. The van der Waals surface area contributed by atoms with Gasteiger partial charge < -0.3 is 0 Å². The number of carbonyl (C=O) groups is 1. The van der Waals surface area contributed by atoms with Gasteiger partial charge in [-0.05, 0) is 30.7 Å². The molecule has 0 saturated carbocycles. The molecule has 0 saturated heterocycles. The SMILES string of the molecule is Cc1cc(Cl)ccc1C(=O)c1cnnn1C. The van der Waals surface area contributed by atoms with Gasteiger partial charge in [-0.15, -0.1) is 5.10 Å². The maximum Gasteiger partial charge on any atom is 0.212 e. The van der Waals surface area contributed by atoms with E-state index in [1.807, 2.05) is 6.92 Å². The number of aryl methyl sites for hydroxylation is 2. The van der Waals surface area contributed by atoms with Gasteiger partial charge in [0.05, 0.1) is 6.20 Å². The van der Waals surface area contributed by atoms with Crippen molar-refractivity contribution < 1.29 is 4.79 Å². The van der Waals surface area contributed by atoms with Gasteiger partial charge in [-0.25, -0.2) is 4.68 Å². The molecule has 1 aromatic heterocycles. The third kappa shape index (κ3) is 1.84. The molecule has 2 aromatic rings. The summed E-state index contributed by atoms with van der Waals surface area (Å²) in [6.45, 7) is 1.85. The zero-order chi connectivity index (χ0) is 11.7. The Morgan fingerprint density at radius 3 is 2.75 bits per heavy atom. The second-order valence-corrected chi connectivity index (χ2v) is 3.97. The van der Waals surface area contributed by atoms with Gasteiger partial charge in [0.15, 0.2) is 0 Å². The van der Waals surface area contributed by atoms with Gasteiger partial charge in [-0.3, -0.25) is 4.79 Å². The minimum atomic E-state index is -0.0957. The second-order valence-electron chi connectivity index (χ2n) is 3.53. The van der Waals surface area contributed by atoms with Crippen molar-refractivity contribution in [3.63, 3.8) is 0 Å². The van der Waals surface area contributed by atoms with Gasteiger partial charge in [0.2, 0.25) is 5.78 Å². The average Bonchev–Trinajstić information content (AvgIpc) is 2.63. The first-order chi connectivity index (χ1) is 7.59. The Bertz CT molecular complexity index is 548. The summed E-state index contributed by atoms with van der Waals surface area (Å²) in [5.74, 6) is -0.0957. The van der Waals surface area contributed by atoms with Crippen LogP contribution in [0, 0.1) is 6.92 Å². The summed E-state index contributed by atoms with van der Waals surface area (Å²) in [7, 11) is 1.69. The van der Waals surface area contributed by atoms with E-state index in [9.17, 15) is 4.79 Å². The molecule has 0 amide bonds. The molecule has 2 rings (SSSR count). The number of halogens is 1. The van der Waals surface area contributed by atoms with Crippen LogP contribution in [0.25, 0.3) is 0 Å². The van der Waals surface area contributed by atoms with Crippen LogP contribution in [0.2, 0.25) is 5.02 Å². The number of nitrogens with zero attached hydrogens (tertiary/aromatic N) is 3. The predicted molar refractivity (Wildman–Crippen MR) is 60.6 cm³/mol. The highest BCUT2D eigenvalue weighted by Crippen LogP contribution is 2.17. The van der Waals surface area contributed by atoms with Crippen molar-refractivity contribution in [2.45, 2.75) is 6.92 Å². The molecular weight excluding hydrogens is 226 g/mol. The molecule has 0 atom stereocenters. The van der Waals surface area contributed by atoms with Crippen molar-refractivity contribution >= 4 is 17.4 Å². The standard InChI is InChI=1S/C11H10ClN3O/c1-7-5-8(12)3-4-9(7)11(16)10-6-13-14-15(10)2/h3-6H,1-2H3. The van der Waals surface area contributed by atoms with Crippen LogP contribution >= 0.6 is 11.6 Å². The van der Waals surface area contributed by atoms with Crippen molar-refractivity contribution in [1.29, 1.82) is 0 Å². The highest BCUT2D eigenvalue weighted by atomic mass is 35.5. The summed E-state index contributed by atoms with van der Waals surface area (Å²) in [5, 5.41) is 8.03. The molecule has 0 bridgehead atoms. The molecule has 16 heavy (non-hydrogen) atoms. The zero-order valence-corrected chi connectivity index (χ0v) is 9.69. The van der Waals surface area contributed by atoms with Crippen LogP contribution in [0.5, 0.6) is 0 Å². The molecule has 0 aliphatic heterocycles. The summed E-state index contributed by atoms with van der Waals surface area (Å²) in [4.78, 5) is 12.1. The highest BCUT2D eigenvalue weighted by molar-refractivity contribution is 6.30. The lowest BCUT2D eigenvalue weighted by Crippen LogP contribution is -2.09.